The van der Waals surface area contributed by atoms with Gasteiger partial charge in [0.2, 0.25) is 15.9 Å². The van der Waals surface area contributed by atoms with E-state index in [0.29, 0.717) is 24.7 Å². The van der Waals surface area contributed by atoms with Crippen LogP contribution >= 0.6 is 0 Å². The van der Waals surface area contributed by atoms with E-state index in [1.165, 1.54) is 11.9 Å². The molecule has 0 aromatic heterocycles. The highest BCUT2D eigenvalue weighted by Crippen LogP contribution is 2.30. The van der Waals surface area contributed by atoms with Crippen molar-refractivity contribution in [3.05, 3.63) is 24.3 Å². The van der Waals surface area contributed by atoms with E-state index in [-0.39, 0.29) is 18.6 Å². The molecule has 8 heteroatoms. The van der Waals surface area contributed by atoms with Gasteiger partial charge in [-0.3, -0.25) is 4.79 Å². The van der Waals surface area contributed by atoms with Crippen LogP contribution in [0.15, 0.2) is 24.3 Å². The summed E-state index contributed by atoms with van der Waals surface area (Å²) in [7, 11) is -0.389. The summed E-state index contributed by atoms with van der Waals surface area (Å²) in [5.74, 6) is 1.03. The lowest BCUT2D eigenvalue weighted by Crippen LogP contribution is -2.45. The minimum Gasteiger partial charge on any atom is -0.486 e. The van der Waals surface area contributed by atoms with Crippen LogP contribution in [0.5, 0.6) is 11.5 Å². The summed E-state index contributed by atoms with van der Waals surface area (Å²) in [6, 6.07) is 7.34. The topological polar surface area (TPSA) is 76.2 Å². The predicted molar refractivity (Wildman–Crippen MR) is 81.5 cm³/mol. The maximum absolute atomic E-state index is 12.0. The maximum Gasteiger partial charge on any atom is 0.237 e. The number of hydrogen-bond donors (Lipinski definition) is 0. The Balaban J connectivity index is 1.90. The number of sulfonamides is 1. The molecule has 122 valence electrons. The third kappa shape index (κ3) is 4.11. The van der Waals surface area contributed by atoms with Crippen molar-refractivity contribution in [2.75, 3.05) is 40.0 Å². The smallest absolute Gasteiger partial charge is 0.237 e. The molecule has 1 heterocycles. The molecule has 1 amide bonds. The van der Waals surface area contributed by atoms with Crippen LogP contribution in [0.25, 0.3) is 0 Å². The number of carbonyl (C=O) groups is 1. The molecule has 1 aromatic carbocycles. The highest BCUT2D eigenvalue weighted by Gasteiger charge is 2.25. The van der Waals surface area contributed by atoms with Gasteiger partial charge in [0.1, 0.15) is 6.61 Å². The lowest BCUT2D eigenvalue weighted by molar-refractivity contribution is -0.131. The molecule has 7 nitrogen and oxygen atoms in total. The second-order valence-corrected chi connectivity index (χ2v) is 7.38. The number of para-hydroxylation sites is 2. The quantitative estimate of drug-likeness (QED) is 0.770. The Labute approximate surface area is 130 Å². The Hall–Kier alpha value is -1.80. The Kier molecular flexibility index (Phi) is 4.92. The van der Waals surface area contributed by atoms with E-state index < -0.39 is 10.0 Å². The van der Waals surface area contributed by atoms with Crippen LogP contribution in [0.1, 0.15) is 0 Å². The molecule has 0 spiro atoms. The predicted octanol–water partition coefficient (Wildman–Crippen LogP) is 0.176. The van der Waals surface area contributed by atoms with Crippen molar-refractivity contribution in [2.24, 2.45) is 0 Å². The van der Waals surface area contributed by atoms with Gasteiger partial charge in [-0.25, -0.2) is 8.42 Å². The normalized spacial score (nSPS) is 17.4. The molecule has 0 N–H and O–H groups in total. The average Bonchev–Trinajstić information content (AvgIpc) is 2.46. The first-order valence-corrected chi connectivity index (χ1v) is 8.66. The van der Waals surface area contributed by atoms with Gasteiger partial charge in [0.15, 0.2) is 17.6 Å². The fourth-order valence-corrected chi connectivity index (χ4v) is 2.33. The third-order valence-electron chi connectivity index (χ3n) is 3.39. The van der Waals surface area contributed by atoms with Gasteiger partial charge in [0.25, 0.3) is 0 Å². The first kappa shape index (κ1) is 16.6. The van der Waals surface area contributed by atoms with Gasteiger partial charge in [0.05, 0.1) is 19.3 Å². The third-order valence-corrected chi connectivity index (χ3v) is 4.66. The van der Waals surface area contributed by atoms with Crippen LogP contribution in [-0.2, 0) is 14.8 Å². The molecule has 1 aliphatic heterocycles. The van der Waals surface area contributed by atoms with Crippen LogP contribution in [0, 0.1) is 0 Å². The second kappa shape index (κ2) is 6.53. The van der Waals surface area contributed by atoms with E-state index in [9.17, 15) is 13.2 Å². The summed E-state index contributed by atoms with van der Waals surface area (Å²) in [4.78, 5) is 13.5. The molecule has 1 atom stereocenters. The van der Waals surface area contributed by atoms with Gasteiger partial charge in [-0.2, -0.15) is 4.31 Å². The fourth-order valence-electron chi connectivity index (χ4n) is 1.99. The lowest BCUT2D eigenvalue weighted by atomic mass is 10.2. The summed E-state index contributed by atoms with van der Waals surface area (Å²) in [5.41, 5.74) is 0. The Morgan fingerprint density at radius 2 is 1.91 bits per heavy atom. The zero-order valence-electron chi connectivity index (χ0n) is 12.9. The maximum atomic E-state index is 12.0. The zero-order chi connectivity index (χ0) is 16.3. The van der Waals surface area contributed by atoms with Gasteiger partial charge < -0.3 is 14.4 Å². The van der Waals surface area contributed by atoms with Gasteiger partial charge in [0, 0.05) is 14.1 Å². The van der Waals surface area contributed by atoms with Gasteiger partial charge in [-0.1, -0.05) is 12.1 Å². The largest absolute Gasteiger partial charge is 0.486 e. The minimum atomic E-state index is -3.37. The first-order valence-electron chi connectivity index (χ1n) is 6.81. The average molecular weight is 328 g/mol. The van der Waals surface area contributed by atoms with Crippen LogP contribution < -0.4 is 9.47 Å². The molecule has 0 fully saturated rings. The van der Waals surface area contributed by atoms with E-state index in [0.717, 1.165) is 10.6 Å². The number of amides is 1. The van der Waals surface area contributed by atoms with Crippen LogP contribution in [0.4, 0.5) is 0 Å². The Morgan fingerprint density at radius 3 is 2.55 bits per heavy atom. The summed E-state index contributed by atoms with van der Waals surface area (Å²) in [5, 5.41) is 0. The zero-order valence-corrected chi connectivity index (χ0v) is 13.7. The van der Waals surface area contributed by atoms with Gasteiger partial charge in [-0.15, -0.1) is 0 Å². The molecule has 0 saturated carbocycles. The monoisotopic (exact) mass is 328 g/mol. The Bertz CT molecular complexity index is 646. The lowest BCUT2D eigenvalue weighted by Gasteiger charge is -2.30. The van der Waals surface area contributed by atoms with E-state index in [4.69, 9.17) is 9.47 Å². The summed E-state index contributed by atoms with van der Waals surface area (Å²) in [6.45, 7) is 0.473. The van der Waals surface area contributed by atoms with Crippen LogP contribution in [-0.4, -0.2) is 69.7 Å². The van der Waals surface area contributed by atoms with Crippen LogP contribution in [0.3, 0.4) is 0 Å². The standard InChI is InChI=1S/C14H20N2O5S/c1-15(14(17)9-16(2)22(3,18)19)8-11-10-20-12-6-4-5-7-13(12)21-11/h4-7,11H,8-10H2,1-3H3/t11-/m0/s1. The molecule has 2 rings (SSSR count). The number of rotatable bonds is 5. The number of benzene rings is 1. The van der Waals surface area contributed by atoms with E-state index in [1.807, 2.05) is 18.2 Å². The van der Waals surface area contributed by atoms with Crippen molar-refractivity contribution >= 4 is 15.9 Å². The van der Waals surface area contributed by atoms with Crippen molar-refractivity contribution in [3.8, 4) is 11.5 Å². The minimum absolute atomic E-state index is 0.195. The van der Waals surface area contributed by atoms with E-state index >= 15 is 0 Å². The highest BCUT2D eigenvalue weighted by atomic mass is 32.2. The van der Waals surface area contributed by atoms with Crippen molar-refractivity contribution < 1.29 is 22.7 Å². The number of fused-ring (bicyclic) bond motifs is 1. The van der Waals surface area contributed by atoms with E-state index in [2.05, 4.69) is 0 Å². The second-order valence-electron chi connectivity index (χ2n) is 5.29. The number of nitrogens with zero attached hydrogens (tertiary/aromatic N) is 2. The molecule has 22 heavy (non-hydrogen) atoms. The number of carbonyl (C=O) groups excluding carboxylic acids is 1. The first-order chi connectivity index (χ1) is 10.3. The van der Waals surface area contributed by atoms with Gasteiger partial charge >= 0.3 is 0 Å². The number of ether oxygens (including phenoxy) is 2. The molecule has 0 aliphatic carbocycles. The molecule has 0 radical (unpaired) electrons. The fraction of sp³-hybridized carbons (Fsp3) is 0.500. The summed E-state index contributed by atoms with van der Waals surface area (Å²) >= 11 is 0. The van der Waals surface area contributed by atoms with Gasteiger partial charge in [-0.05, 0) is 12.1 Å². The highest BCUT2D eigenvalue weighted by molar-refractivity contribution is 7.88. The molecule has 0 bridgehead atoms. The summed E-state index contributed by atoms with van der Waals surface area (Å²) in [6.07, 6.45) is 0.780. The molecule has 1 aliphatic rings. The molecule has 0 saturated heterocycles. The molecule has 0 unspecified atom stereocenters. The molecule has 1 aromatic rings. The summed E-state index contributed by atoms with van der Waals surface area (Å²) < 4.78 is 35.0. The Morgan fingerprint density at radius 1 is 1.27 bits per heavy atom. The molecular weight excluding hydrogens is 308 g/mol. The number of hydrogen-bond acceptors (Lipinski definition) is 5. The van der Waals surface area contributed by atoms with Crippen molar-refractivity contribution in [2.45, 2.75) is 6.10 Å². The molecular formula is C14H20N2O5S. The SMILES string of the molecule is CN(C[C@H]1COc2ccccc2O1)C(=O)CN(C)S(C)(=O)=O. The van der Waals surface area contributed by atoms with Crippen molar-refractivity contribution in [3.63, 3.8) is 0 Å². The van der Waals surface area contributed by atoms with E-state index in [1.54, 1.807) is 13.1 Å². The van der Waals surface area contributed by atoms with Crippen molar-refractivity contribution in [1.82, 2.24) is 9.21 Å². The number of likely N-dealkylation sites (N-methyl/N-ethyl adjacent to an activating group) is 2. The van der Waals surface area contributed by atoms with Crippen molar-refractivity contribution in [1.29, 1.82) is 0 Å². The van der Waals surface area contributed by atoms with Crippen LogP contribution in [0.2, 0.25) is 0 Å².